The highest BCUT2D eigenvalue weighted by molar-refractivity contribution is 5.91. The predicted molar refractivity (Wildman–Crippen MR) is 88.9 cm³/mol. The number of hydrogen-bond donors (Lipinski definition) is 1. The van der Waals surface area contributed by atoms with Crippen molar-refractivity contribution in [3.63, 3.8) is 0 Å². The van der Waals surface area contributed by atoms with Gasteiger partial charge >= 0.3 is 0 Å². The van der Waals surface area contributed by atoms with Gasteiger partial charge in [-0.25, -0.2) is 0 Å². The minimum atomic E-state index is 0.385. The van der Waals surface area contributed by atoms with Crippen molar-refractivity contribution < 1.29 is 5.11 Å². The van der Waals surface area contributed by atoms with Crippen LogP contribution in [-0.4, -0.2) is 28.1 Å². The van der Waals surface area contributed by atoms with Gasteiger partial charge in [0.1, 0.15) is 5.75 Å². The number of rotatable bonds is 3. The van der Waals surface area contributed by atoms with Gasteiger partial charge in [0.15, 0.2) is 0 Å². The molecule has 0 aromatic heterocycles. The summed E-state index contributed by atoms with van der Waals surface area (Å²) in [7, 11) is 0. The van der Waals surface area contributed by atoms with E-state index < -0.39 is 0 Å². The molecule has 1 aliphatic rings. The summed E-state index contributed by atoms with van der Waals surface area (Å²) in [5.74, 6) is 0.385. The van der Waals surface area contributed by atoms with Crippen molar-refractivity contribution in [2.24, 2.45) is 0 Å². The monoisotopic (exact) mass is 283 g/mol. The van der Waals surface area contributed by atoms with E-state index in [1.807, 2.05) is 12.1 Å². The second-order valence-corrected chi connectivity index (χ2v) is 6.82. The third-order valence-corrected chi connectivity index (χ3v) is 4.65. The Balaban J connectivity index is 2.06. The lowest BCUT2D eigenvalue weighted by molar-refractivity contribution is 0.110. The molecule has 1 N–H and O–H groups in total. The Morgan fingerprint density at radius 3 is 2.33 bits per heavy atom. The SMILES string of the molecule is CC(C)N(C(C)C)C1Cc2cccc3cc(O)cc(c23)C1. The van der Waals surface area contributed by atoms with Crippen molar-refractivity contribution in [1.29, 1.82) is 0 Å². The molecule has 3 rings (SSSR count). The highest BCUT2D eigenvalue weighted by Crippen LogP contribution is 2.35. The number of phenolic OH excluding ortho intramolecular Hbond substituents is 1. The molecule has 1 atom stereocenters. The molecule has 0 fully saturated rings. The van der Waals surface area contributed by atoms with Crippen LogP contribution in [0.4, 0.5) is 0 Å². The van der Waals surface area contributed by atoms with E-state index in [0.717, 1.165) is 12.8 Å². The second kappa shape index (κ2) is 5.34. The fourth-order valence-electron chi connectivity index (χ4n) is 4.14. The van der Waals surface area contributed by atoms with Crippen LogP contribution in [0.1, 0.15) is 38.8 Å². The Kier molecular flexibility index (Phi) is 3.66. The number of hydrogen-bond acceptors (Lipinski definition) is 2. The number of benzene rings is 2. The van der Waals surface area contributed by atoms with Crippen LogP contribution in [0.5, 0.6) is 5.75 Å². The van der Waals surface area contributed by atoms with E-state index in [9.17, 15) is 5.11 Å². The van der Waals surface area contributed by atoms with Gasteiger partial charge in [-0.1, -0.05) is 18.2 Å². The van der Waals surface area contributed by atoms with Crippen LogP contribution in [0.15, 0.2) is 30.3 Å². The maximum atomic E-state index is 9.99. The first-order valence-corrected chi connectivity index (χ1v) is 7.98. The van der Waals surface area contributed by atoms with E-state index in [4.69, 9.17) is 0 Å². The number of nitrogens with zero attached hydrogens (tertiary/aromatic N) is 1. The average Bonchev–Trinajstić information content (AvgIpc) is 2.37. The summed E-state index contributed by atoms with van der Waals surface area (Å²) in [4.78, 5) is 2.60. The molecule has 0 bridgehead atoms. The fraction of sp³-hybridized carbons (Fsp3) is 0.474. The van der Waals surface area contributed by atoms with Crippen molar-refractivity contribution >= 4 is 10.8 Å². The van der Waals surface area contributed by atoms with Gasteiger partial charge in [-0.15, -0.1) is 0 Å². The van der Waals surface area contributed by atoms with Gasteiger partial charge in [-0.2, -0.15) is 0 Å². The van der Waals surface area contributed by atoms with E-state index in [1.54, 1.807) is 0 Å². The third kappa shape index (κ3) is 2.53. The van der Waals surface area contributed by atoms with E-state index in [2.05, 4.69) is 50.8 Å². The first-order valence-electron chi connectivity index (χ1n) is 7.98. The first kappa shape index (κ1) is 14.4. The Labute approximate surface area is 127 Å². The Bertz CT molecular complexity index is 652. The molecule has 0 amide bonds. The molecule has 2 nitrogen and oxygen atoms in total. The van der Waals surface area contributed by atoms with Crippen LogP contribution in [0, 0.1) is 0 Å². The van der Waals surface area contributed by atoms with Crippen molar-refractivity contribution in [1.82, 2.24) is 4.90 Å². The van der Waals surface area contributed by atoms with Gasteiger partial charge in [0.25, 0.3) is 0 Å². The molecule has 0 saturated carbocycles. The summed E-state index contributed by atoms with van der Waals surface area (Å²) in [6.07, 6.45) is 2.13. The third-order valence-electron chi connectivity index (χ3n) is 4.65. The minimum Gasteiger partial charge on any atom is -0.508 e. The molecule has 2 aromatic carbocycles. The fourth-order valence-corrected chi connectivity index (χ4v) is 4.14. The molecular formula is C19H25NO. The van der Waals surface area contributed by atoms with Crippen molar-refractivity contribution in [2.75, 3.05) is 0 Å². The van der Waals surface area contributed by atoms with Crippen molar-refractivity contribution in [2.45, 2.75) is 58.7 Å². The van der Waals surface area contributed by atoms with Crippen LogP contribution >= 0.6 is 0 Å². The highest BCUT2D eigenvalue weighted by Gasteiger charge is 2.29. The lowest BCUT2D eigenvalue weighted by Crippen LogP contribution is -2.48. The van der Waals surface area contributed by atoms with E-state index >= 15 is 0 Å². The van der Waals surface area contributed by atoms with Crippen LogP contribution in [0.3, 0.4) is 0 Å². The predicted octanol–water partition coefficient (Wildman–Crippen LogP) is 4.13. The van der Waals surface area contributed by atoms with E-state index in [0.29, 0.717) is 23.9 Å². The number of aromatic hydroxyl groups is 1. The maximum absolute atomic E-state index is 9.99. The molecule has 0 saturated heterocycles. The zero-order valence-corrected chi connectivity index (χ0v) is 13.4. The van der Waals surface area contributed by atoms with Crippen LogP contribution < -0.4 is 0 Å². The van der Waals surface area contributed by atoms with Crippen LogP contribution in [0.25, 0.3) is 10.8 Å². The summed E-state index contributed by atoms with van der Waals surface area (Å²) >= 11 is 0. The molecule has 0 heterocycles. The van der Waals surface area contributed by atoms with Crippen LogP contribution in [-0.2, 0) is 12.8 Å². The molecule has 1 aliphatic carbocycles. The summed E-state index contributed by atoms with van der Waals surface area (Å²) in [5, 5.41) is 12.5. The quantitative estimate of drug-likeness (QED) is 0.915. The average molecular weight is 283 g/mol. The van der Waals surface area contributed by atoms with E-state index in [1.165, 1.54) is 21.9 Å². The normalized spacial score (nSPS) is 18.1. The lowest BCUT2D eigenvalue weighted by Gasteiger charge is -2.40. The van der Waals surface area contributed by atoms with Gasteiger partial charge in [-0.05, 0) is 74.6 Å². The summed E-state index contributed by atoms with van der Waals surface area (Å²) in [6, 6.07) is 11.9. The minimum absolute atomic E-state index is 0.385. The van der Waals surface area contributed by atoms with E-state index in [-0.39, 0.29) is 0 Å². The zero-order chi connectivity index (χ0) is 15.1. The Morgan fingerprint density at radius 1 is 1.00 bits per heavy atom. The standard InChI is InChI=1S/C19H25NO/c1-12(2)20(13(3)4)17-8-14-6-5-7-15-10-18(21)11-16(9-17)19(14)15/h5-7,10-13,17,21H,8-9H2,1-4H3. The topological polar surface area (TPSA) is 23.5 Å². The van der Waals surface area contributed by atoms with Crippen molar-refractivity contribution in [3.8, 4) is 5.75 Å². The summed E-state index contributed by atoms with van der Waals surface area (Å²) in [6.45, 7) is 9.11. The molecule has 0 radical (unpaired) electrons. The Morgan fingerprint density at radius 2 is 1.67 bits per heavy atom. The molecule has 0 aliphatic heterocycles. The summed E-state index contributed by atoms with van der Waals surface area (Å²) in [5.41, 5.74) is 2.72. The Hall–Kier alpha value is -1.54. The lowest BCUT2D eigenvalue weighted by atomic mass is 9.84. The molecule has 2 heteroatoms. The molecule has 0 spiro atoms. The number of phenols is 1. The highest BCUT2D eigenvalue weighted by atomic mass is 16.3. The molecule has 21 heavy (non-hydrogen) atoms. The maximum Gasteiger partial charge on any atom is 0.116 e. The first-order chi connectivity index (χ1) is 9.97. The van der Waals surface area contributed by atoms with Gasteiger partial charge in [0, 0.05) is 18.1 Å². The largest absolute Gasteiger partial charge is 0.508 e. The smallest absolute Gasteiger partial charge is 0.116 e. The molecule has 2 aromatic rings. The van der Waals surface area contributed by atoms with Gasteiger partial charge in [0.2, 0.25) is 0 Å². The van der Waals surface area contributed by atoms with Crippen LogP contribution in [0.2, 0.25) is 0 Å². The molecule has 1 unspecified atom stereocenters. The molecular weight excluding hydrogens is 258 g/mol. The second-order valence-electron chi connectivity index (χ2n) is 6.82. The van der Waals surface area contributed by atoms with Gasteiger partial charge < -0.3 is 5.11 Å². The summed E-state index contributed by atoms with van der Waals surface area (Å²) < 4.78 is 0. The molecule has 112 valence electrons. The van der Waals surface area contributed by atoms with Gasteiger partial charge in [0.05, 0.1) is 0 Å². The zero-order valence-electron chi connectivity index (χ0n) is 13.4. The van der Waals surface area contributed by atoms with Gasteiger partial charge in [-0.3, -0.25) is 4.90 Å². The van der Waals surface area contributed by atoms with Crippen molar-refractivity contribution in [3.05, 3.63) is 41.5 Å².